The molecule has 1 aromatic rings. The molecule has 0 saturated heterocycles. The summed E-state index contributed by atoms with van der Waals surface area (Å²) in [6, 6.07) is 5.06. The fourth-order valence-corrected chi connectivity index (χ4v) is 1.32. The SMILES string of the molecule is COCCNC(=O)c1cccc(N)c1OC. The van der Waals surface area contributed by atoms with Crippen LogP contribution in [-0.4, -0.2) is 33.3 Å². The fourth-order valence-electron chi connectivity index (χ4n) is 1.32. The van der Waals surface area contributed by atoms with Crippen LogP contribution in [0.3, 0.4) is 0 Å². The Kier molecular flexibility index (Phi) is 4.60. The highest BCUT2D eigenvalue weighted by Crippen LogP contribution is 2.25. The van der Waals surface area contributed by atoms with Gasteiger partial charge in [0, 0.05) is 13.7 Å². The Hall–Kier alpha value is -1.75. The Morgan fingerprint density at radius 2 is 2.19 bits per heavy atom. The molecule has 0 spiro atoms. The number of carbonyl (C=O) groups excluding carboxylic acids is 1. The first-order chi connectivity index (χ1) is 7.70. The summed E-state index contributed by atoms with van der Waals surface area (Å²) in [5, 5.41) is 2.70. The number of ether oxygens (including phenoxy) is 2. The molecule has 1 rings (SSSR count). The van der Waals surface area contributed by atoms with Gasteiger partial charge in [0.25, 0.3) is 5.91 Å². The van der Waals surface area contributed by atoms with E-state index in [1.54, 1.807) is 25.3 Å². The third-order valence-corrected chi connectivity index (χ3v) is 2.09. The van der Waals surface area contributed by atoms with Gasteiger partial charge < -0.3 is 20.5 Å². The molecule has 0 aliphatic heterocycles. The lowest BCUT2D eigenvalue weighted by Crippen LogP contribution is -2.27. The summed E-state index contributed by atoms with van der Waals surface area (Å²) in [5.74, 6) is 0.179. The van der Waals surface area contributed by atoms with Crippen LogP contribution >= 0.6 is 0 Å². The van der Waals surface area contributed by atoms with Gasteiger partial charge in [0.15, 0.2) is 5.75 Å². The maximum atomic E-state index is 11.7. The number of para-hydroxylation sites is 1. The second-order valence-corrected chi connectivity index (χ2v) is 3.18. The molecule has 0 aliphatic rings. The predicted molar refractivity (Wildman–Crippen MR) is 61.6 cm³/mol. The van der Waals surface area contributed by atoms with Crippen LogP contribution in [0, 0.1) is 0 Å². The predicted octanol–water partition coefficient (Wildman–Crippen LogP) is 0.654. The Morgan fingerprint density at radius 3 is 2.81 bits per heavy atom. The lowest BCUT2D eigenvalue weighted by molar-refractivity contribution is 0.0934. The van der Waals surface area contributed by atoms with E-state index in [2.05, 4.69) is 5.32 Å². The van der Waals surface area contributed by atoms with Crippen LogP contribution < -0.4 is 15.8 Å². The van der Waals surface area contributed by atoms with Crippen LogP contribution in [0.15, 0.2) is 18.2 Å². The molecule has 1 amide bonds. The largest absolute Gasteiger partial charge is 0.494 e. The van der Waals surface area contributed by atoms with Gasteiger partial charge in [-0.25, -0.2) is 0 Å². The summed E-state index contributed by atoms with van der Waals surface area (Å²) in [6.45, 7) is 0.920. The van der Waals surface area contributed by atoms with Crippen LogP contribution in [0.25, 0.3) is 0 Å². The Labute approximate surface area is 94.5 Å². The summed E-state index contributed by atoms with van der Waals surface area (Å²) in [4.78, 5) is 11.7. The van der Waals surface area contributed by atoms with E-state index in [-0.39, 0.29) is 5.91 Å². The van der Waals surface area contributed by atoms with Crippen molar-refractivity contribution in [1.29, 1.82) is 0 Å². The summed E-state index contributed by atoms with van der Waals surface area (Å²) in [7, 11) is 3.06. The third kappa shape index (κ3) is 2.87. The van der Waals surface area contributed by atoms with E-state index in [4.69, 9.17) is 15.2 Å². The number of anilines is 1. The first-order valence-corrected chi connectivity index (χ1v) is 4.90. The van der Waals surface area contributed by atoms with Crippen molar-refractivity contribution in [2.45, 2.75) is 0 Å². The van der Waals surface area contributed by atoms with E-state index in [1.807, 2.05) is 0 Å². The number of methoxy groups -OCH3 is 2. The van der Waals surface area contributed by atoms with Gasteiger partial charge in [0.1, 0.15) is 0 Å². The molecule has 0 bridgehead atoms. The summed E-state index contributed by atoms with van der Waals surface area (Å²) < 4.78 is 9.92. The monoisotopic (exact) mass is 224 g/mol. The number of nitrogen functional groups attached to an aromatic ring is 1. The number of benzene rings is 1. The minimum absolute atomic E-state index is 0.221. The highest BCUT2D eigenvalue weighted by Gasteiger charge is 2.13. The second-order valence-electron chi connectivity index (χ2n) is 3.18. The zero-order valence-electron chi connectivity index (χ0n) is 9.45. The topological polar surface area (TPSA) is 73.6 Å². The van der Waals surface area contributed by atoms with Crippen molar-refractivity contribution in [2.24, 2.45) is 0 Å². The molecule has 16 heavy (non-hydrogen) atoms. The van der Waals surface area contributed by atoms with Crippen molar-refractivity contribution in [3.8, 4) is 5.75 Å². The van der Waals surface area contributed by atoms with Gasteiger partial charge in [-0.1, -0.05) is 6.07 Å². The number of hydrogen-bond acceptors (Lipinski definition) is 4. The van der Waals surface area contributed by atoms with Crippen molar-refractivity contribution < 1.29 is 14.3 Å². The van der Waals surface area contributed by atoms with Gasteiger partial charge in [-0.15, -0.1) is 0 Å². The van der Waals surface area contributed by atoms with E-state index in [9.17, 15) is 4.79 Å². The van der Waals surface area contributed by atoms with Gasteiger partial charge in [0.05, 0.1) is 25.0 Å². The zero-order valence-corrected chi connectivity index (χ0v) is 9.45. The standard InChI is InChI=1S/C11H16N2O3/c1-15-7-6-13-11(14)8-4-3-5-9(12)10(8)16-2/h3-5H,6-7,12H2,1-2H3,(H,13,14). The van der Waals surface area contributed by atoms with E-state index >= 15 is 0 Å². The Bertz CT molecular complexity index is 366. The maximum Gasteiger partial charge on any atom is 0.255 e. The molecule has 0 heterocycles. The summed E-state index contributed by atoms with van der Waals surface area (Å²) in [5.41, 5.74) is 6.57. The minimum atomic E-state index is -0.221. The molecule has 0 saturated carbocycles. The highest BCUT2D eigenvalue weighted by molar-refractivity contribution is 5.98. The quantitative estimate of drug-likeness (QED) is 0.569. The smallest absolute Gasteiger partial charge is 0.255 e. The summed E-state index contributed by atoms with van der Waals surface area (Å²) >= 11 is 0. The van der Waals surface area contributed by atoms with Crippen LogP contribution in [0.2, 0.25) is 0 Å². The molecular formula is C11H16N2O3. The number of hydrogen-bond donors (Lipinski definition) is 2. The lowest BCUT2D eigenvalue weighted by Gasteiger charge is -2.10. The number of carbonyl (C=O) groups is 1. The van der Waals surface area contributed by atoms with Gasteiger partial charge in [-0.05, 0) is 12.1 Å². The second kappa shape index (κ2) is 5.97. The van der Waals surface area contributed by atoms with Crippen molar-refractivity contribution in [1.82, 2.24) is 5.32 Å². The third-order valence-electron chi connectivity index (χ3n) is 2.09. The van der Waals surface area contributed by atoms with E-state index < -0.39 is 0 Å². The maximum absolute atomic E-state index is 11.7. The van der Waals surface area contributed by atoms with Crippen LogP contribution in [-0.2, 0) is 4.74 Å². The number of rotatable bonds is 5. The van der Waals surface area contributed by atoms with E-state index in [0.29, 0.717) is 30.2 Å². The van der Waals surface area contributed by atoms with Crippen molar-refractivity contribution in [3.63, 3.8) is 0 Å². The number of nitrogens with two attached hydrogens (primary N) is 1. The van der Waals surface area contributed by atoms with Gasteiger partial charge in [0.2, 0.25) is 0 Å². The fraction of sp³-hybridized carbons (Fsp3) is 0.364. The molecule has 0 atom stereocenters. The molecule has 0 radical (unpaired) electrons. The summed E-state index contributed by atoms with van der Waals surface area (Å²) in [6.07, 6.45) is 0. The molecule has 5 heteroatoms. The first-order valence-electron chi connectivity index (χ1n) is 4.90. The molecule has 5 nitrogen and oxygen atoms in total. The van der Waals surface area contributed by atoms with Gasteiger partial charge in [-0.3, -0.25) is 4.79 Å². The molecule has 0 fully saturated rings. The minimum Gasteiger partial charge on any atom is -0.494 e. The molecular weight excluding hydrogens is 208 g/mol. The molecule has 0 aliphatic carbocycles. The zero-order chi connectivity index (χ0) is 12.0. The average molecular weight is 224 g/mol. The highest BCUT2D eigenvalue weighted by atomic mass is 16.5. The molecule has 0 aromatic heterocycles. The van der Waals surface area contributed by atoms with Crippen LogP contribution in [0.4, 0.5) is 5.69 Å². The van der Waals surface area contributed by atoms with Gasteiger partial charge >= 0.3 is 0 Å². The van der Waals surface area contributed by atoms with E-state index in [1.165, 1.54) is 7.11 Å². The van der Waals surface area contributed by atoms with E-state index in [0.717, 1.165) is 0 Å². The number of nitrogens with one attached hydrogen (secondary N) is 1. The Balaban J connectivity index is 2.78. The molecule has 1 aromatic carbocycles. The van der Waals surface area contributed by atoms with Crippen molar-refractivity contribution >= 4 is 11.6 Å². The molecule has 88 valence electrons. The van der Waals surface area contributed by atoms with Crippen molar-refractivity contribution in [2.75, 3.05) is 33.1 Å². The average Bonchev–Trinajstić information content (AvgIpc) is 2.29. The van der Waals surface area contributed by atoms with Gasteiger partial charge in [-0.2, -0.15) is 0 Å². The number of amides is 1. The Morgan fingerprint density at radius 1 is 1.44 bits per heavy atom. The normalized spacial score (nSPS) is 9.88. The van der Waals surface area contributed by atoms with Crippen LogP contribution in [0.5, 0.6) is 5.75 Å². The first kappa shape index (κ1) is 12.3. The van der Waals surface area contributed by atoms with Crippen molar-refractivity contribution in [3.05, 3.63) is 23.8 Å². The molecule has 0 unspecified atom stereocenters. The molecule has 3 N–H and O–H groups in total. The lowest BCUT2D eigenvalue weighted by atomic mass is 10.1. The van der Waals surface area contributed by atoms with Crippen LogP contribution in [0.1, 0.15) is 10.4 Å².